The lowest BCUT2D eigenvalue weighted by Crippen LogP contribution is -2.48. The molecular formula is C23H37NO3. The van der Waals surface area contributed by atoms with Crippen LogP contribution in [0, 0.1) is 5.92 Å². The number of amides is 1. The molecule has 1 saturated heterocycles. The normalized spacial score (nSPS) is 19.9. The Labute approximate surface area is 164 Å². The zero-order chi connectivity index (χ0) is 19.5. The Balaban J connectivity index is 1.81. The van der Waals surface area contributed by atoms with E-state index in [4.69, 9.17) is 5.11 Å². The lowest BCUT2D eigenvalue weighted by atomic mass is 9.86. The van der Waals surface area contributed by atoms with Crippen molar-refractivity contribution >= 4 is 5.91 Å². The average Bonchev–Trinajstić information content (AvgIpc) is 2.66. The second-order valence-corrected chi connectivity index (χ2v) is 8.09. The Bertz CT molecular complexity index is 534. The lowest BCUT2D eigenvalue weighted by Gasteiger charge is -2.40. The van der Waals surface area contributed by atoms with Gasteiger partial charge in [-0.3, -0.25) is 4.79 Å². The molecule has 0 spiro atoms. The van der Waals surface area contributed by atoms with E-state index in [2.05, 4.69) is 24.0 Å². The highest BCUT2D eigenvalue weighted by Gasteiger charge is 2.32. The fourth-order valence-corrected chi connectivity index (χ4v) is 4.31. The molecule has 0 aliphatic carbocycles. The topological polar surface area (TPSA) is 60.8 Å². The Morgan fingerprint density at radius 2 is 1.81 bits per heavy atom. The molecular weight excluding hydrogens is 338 g/mol. The summed E-state index contributed by atoms with van der Waals surface area (Å²) in [5.41, 5.74) is 1.16. The summed E-state index contributed by atoms with van der Waals surface area (Å²) in [6.45, 7) is 3.29. The monoisotopic (exact) mass is 375 g/mol. The number of rotatable bonds is 12. The molecule has 2 rings (SSSR count). The third kappa shape index (κ3) is 7.63. The zero-order valence-electron chi connectivity index (χ0n) is 16.9. The quantitative estimate of drug-likeness (QED) is 0.544. The molecule has 1 aliphatic heterocycles. The summed E-state index contributed by atoms with van der Waals surface area (Å²) >= 11 is 0. The minimum atomic E-state index is -0.361. The van der Waals surface area contributed by atoms with Gasteiger partial charge in [-0.15, -0.1) is 0 Å². The van der Waals surface area contributed by atoms with Crippen LogP contribution in [0.4, 0.5) is 0 Å². The molecule has 1 heterocycles. The highest BCUT2D eigenvalue weighted by Crippen LogP contribution is 2.28. The van der Waals surface area contributed by atoms with Gasteiger partial charge in [-0.1, -0.05) is 56.5 Å². The van der Waals surface area contributed by atoms with E-state index >= 15 is 0 Å². The van der Waals surface area contributed by atoms with Crippen molar-refractivity contribution in [1.82, 2.24) is 4.90 Å². The molecule has 0 bridgehead atoms. The first-order chi connectivity index (χ1) is 13.1. The van der Waals surface area contributed by atoms with Crippen LogP contribution < -0.4 is 0 Å². The average molecular weight is 376 g/mol. The van der Waals surface area contributed by atoms with Crippen LogP contribution in [0.15, 0.2) is 30.3 Å². The van der Waals surface area contributed by atoms with Crippen molar-refractivity contribution in [3.05, 3.63) is 35.9 Å². The largest absolute Gasteiger partial charge is 0.396 e. The summed E-state index contributed by atoms with van der Waals surface area (Å²) in [6, 6.07) is 10.4. The van der Waals surface area contributed by atoms with Crippen molar-refractivity contribution in [2.24, 2.45) is 5.92 Å². The van der Waals surface area contributed by atoms with Crippen LogP contribution in [0.1, 0.15) is 70.3 Å². The molecule has 0 saturated carbocycles. The standard InChI is InChI=1S/C23H37NO3/c1-19(17-21(26)18-20-11-6-5-7-12-20)22-13-10-14-23(27)24(22)15-8-3-2-4-9-16-25/h5-7,11-12,19,21-22,25-26H,2-4,8-10,13-18H2,1H3/t19-,21?,22+/m0/s1. The van der Waals surface area contributed by atoms with Gasteiger partial charge >= 0.3 is 0 Å². The van der Waals surface area contributed by atoms with Crippen LogP contribution in [0.3, 0.4) is 0 Å². The van der Waals surface area contributed by atoms with Crippen LogP contribution >= 0.6 is 0 Å². The van der Waals surface area contributed by atoms with Crippen LogP contribution in [0.5, 0.6) is 0 Å². The first kappa shape index (κ1) is 21.9. The molecule has 0 radical (unpaired) electrons. The number of aliphatic hydroxyl groups is 2. The predicted molar refractivity (Wildman–Crippen MR) is 109 cm³/mol. The first-order valence-corrected chi connectivity index (χ1v) is 10.7. The molecule has 1 unspecified atom stereocenters. The molecule has 0 aromatic heterocycles. The Morgan fingerprint density at radius 1 is 1.11 bits per heavy atom. The molecule has 1 fully saturated rings. The summed E-state index contributed by atoms with van der Waals surface area (Å²) < 4.78 is 0. The second kappa shape index (κ2) is 12.1. The van der Waals surface area contributed by atoms with Crippen molar-refractivity contribution in [2.45, 2.75) is 83.3 Å². The number of unbranched alkanes of at least 4 members (excludes halogenated alkanes) is 4. The number of carbonyl (C=O) groups excluding carboxylic acids is 1. The van der Waals surface area contributed by atoms with Gasteiger partial charge in [0.05, 0.1) is 6.10 Å². The zero-order valence-corrected chi connectivity index (χ0v) is 16.9. The van der Waals surface area contributed by atoms with E-state index in [1.54, 1.807) is 0 Å². The summed E-state index contributed by atoms with van der Waals surface area (Å²) in [5.74, 6) is 0.591. The molecule has 4 nitrogen and oxygen atoms in total. The SMILES string of the molecule is C[C@@H](CC(O)Cc1ccccc1)[C@H]1CCCC(=O)N1CCCCCCCO. The predicted octanol–water partition coefficient (Wildman–Crippen LogP) is 3.94. The minimum absolute atomic E-state index is 0.258. The van der Waals surface area contributed by atoms with E-state index in [1.807, 2.05) is 18.2 Å². The number of piperidine rings is 1. The van der Waals surface area contributed by atoms with Crippen molar-refractivity contribution < 1.29 is 15.0 Å². The third-order valence-electron chi connectivity index (χ3n) is 5.78. The molecule has 4 heteroatoms. The van der Waals surface area contributed by atoms with E-state index < -0.39 is 0 Å². The van der Waals surface area contributed by atoms with Crippen LogP contribution in [0.2, 0.25) is 0 Å². The number of hydrogen-bond acceptors (Lipinski definition) is 3. The van der Waals surface area contributed by atoms with E-state index in [0.717, 1.165) is 63.5 Å². The number of carbonyl (C=O) groups is 1. The van der Waals surface area contributed by atoms with Gasteiger partial charge in [0.1, 0.15) is 0 Å². The molecule has 152 valence electrons. The van der Waals surface area contributed by atoms with Gasteiger partial charge in [0.2, 0.25) is 5.91 Å². The van der Waals surface area contributed by atoms with Gasteiger partial charge in [0, 0.05) is 25.6 Å². The fraction of sp³-hybridized carbons (Fsp3) is 0.696. The second-order valence-electron chi connectivity index (χ2n) is 8.09. The van der Waals surface area contributed by atoms with E-state index in [-0.39, 0.29) is 24.7 Å². The van der Waals surface area contributed by atoms with Crippen LogP contribution in [0.25, 0.3) is 0 Å². The summed E-state index contributed by atoms with van der Waals surface area (Å²) in [7, 11) is 0. The van der Waals surface area contributed by atoms with Gasteiger partial charge in [-0.05, 0) is 50.0 Å². The maximum absolute atomic E-state index is 12.5. The number of hydrogen-bond donors (Lipinski definition) is 2. The molecule has 1 amide bonds. The van der Waals surface area contributed by atoms with Gasteiger partial charge in [-0.25, -0.2) is 0 Å². The molecule has 1 aliphatic rings. The summed E-state index contributed by atoms with van der Waals surface area (Å²) in [4.78, 5) is 14.6. The molecule has 2 N–H and O–H groups in total. The number of nitrogens with zero attached hydrogens (tertiary/aromatic N) is 1. The summed E-state index contributed by atoms with van der Waals surface area (Å²) in [5, 5.41) is 19.4. The number of benzene rings is 1. The smallest absolute Gasteiger partial charge is 0.222 e. The summed E-state index contributed by atoms with van der Waals surface area (Å²) in [6.07, 6.45) is 8.95. The molecule has 1 aromatic rings. The van der Waals surface area contributed by atoms with Crippen LogP contribution in [-0.2, 0) is 11.2 Å². The lowest BCUT2D eigenvalue weighted by molar-refractivity contribution is -0.138. The number of likely N-dealkylation sites (tertiary alicyclic amines) is 1. The molecule has 1 aromatic carbocycles. The van der Waals surface area contributed by atoms with Gasteiger partial charge in [-0.2, -0.15) is 0 Å². The van der Waals surface area contributed by atoms with Gasteiger partial charge < -0.3 is 15.1 Å². The van der Waals surface area contributed by atoms with E-state index in [0.29, 0.717) is 18.8 Å². The highest BCUT2D eigenvalue weighted by atomic mass is 16.3. The van der Waals surface area contributed by atoms with Crippen molar-refractivity contribution in [3.8, 4) is 0 Å². The van der Waals surface area contributed by atoms with Gasteiger partial charge in [0.15, 0.2) is 0 Å². The molecule has 3 atom stereocenters. The van der Waals surface area contributed by atoms with E-state index in [1.165, 1.54) is 0 Å². The van der Waals surface area contributed by atoms with Crippen molar-refractivity contribution in [1.29, 1.82) is 0 Å². The maximum atomic E-state index is 12.5. The first-order valence-electron chi connectivity index (χ1n) is 10.7. The van der Waals surface area contributed by atoms with Gasteiger partial charge in [0.25, 0.3) is 0 Å². The van der Waals surface area contributed by atoms with Crippen molar-refractivity contribution in [2.75, 3.05) is 13.2 Å². The number of aliphatic hydroxyl groups excluding tert-OH is 2. The third-order valence-corrected chi connectivity index (χ3v) is 5.78. The Morgan fingerprint density at radius 3 is 2.56 bits per heavy atom. The maximum Gasteiger partial charge on any atom is 0.222 e. The van der Waals surface area contributed by atoms with E-state index in [9.17, 15) is 9.90 Å². The molecule has 27 heavy (non-hydrogen) atoms. The Kier molecular flexibility index (Phi) is 9.85. The fourth-order valence-electron chi connectivity index (χ4n) is 4.31. The van der Waals surface area contributed by atoms with Crippen LogP contribution in [-0.4, -0.2) is 46.3 Å². The van der Waals surface area contributed by atoms with Crippen molar-refractivity contribution in [3.63, 3.8) is 0 Å². The minimum Gasteiger partial charge on any atom is -0.396 e. The highest BCUT2D eigenvalue weighted by molar-refractivity contribution is 5.77. The Hall–Kier alpha value is -1.39.